The zero-order chi connectivity index (χ0) is 13.1. The van der Waals surface area contributed by atoms with Crippen LogP contribution < -0.4 is 4.90 Å². The zero-order valence-corrected chi connectivity index (χ0v) is 10.3. The van der Waals surface area contributed by atoms with E-state index in [4.69, 9.17) is 14.4 Å². The van der Waals surface area contributed by atoms with E-state index < -0.39 is 0 Å². The van der Waals surface area contributed by atoms with Crippen molar-refractivity contribution >= 4 is 5.69 Å². The Hall–Kier alpha value is -2.32. The lowest BCUT2D eigenvalue weighted by Gasteiger charge is -2.33. The predicted octanol–water partition coefficient (Wildman–Crippen LogP) is 2.12. The molecule has 0 N–H and O–H groups in total. The smallest absolute Gasteiger partial charge is 0.140 e. The first-order valence-corrected chi connectivity index (χ1v) is 6.13. The summed E-state index contributed by atoms with van der Waals surface area (Å²) < 4.78 is 11.1. The summed E-state index contributed by atoms with van der Waals surface area (Å²) >= 11 is 0. The van der Waals surface area contributed by atoms with Crippen molar-refractivity contribution in [3.63, 3.8) is 0 Å². The molecule has 5 nitrogen and oxygen atoms in total. The summed E-state index contributed by atoms with van der Waals surface area (Å²) in [5.74, 6) is 0.839. The van der Waals surface area contributed by atoms with Crippen LogP contribution in [-0.2, 0) is 4.74 Å². The van der Waals surface area contributed by atoms with Gasteiger partial charge in [0.05, 0.1) is 31.3 Å². The molecule has 0 amide bonds. The number of nitrogens with zero attached hydrogens (tertiary/aromatic N) is 3. The number of morpholine rings is 1. The molecule has 5 heteroatoms. The second kappa shape index (κ2) is 5.12. The lowest BCUT2D eigenvalue weighted by molar-refractivity contribution is 0.0257. The van der Waals surface area contributed by atoms with Gasteiger partial charge in [0.25, 0.3) is 0 Å². The van der Waals surface area contributed by atoms with Crippen molar-refractivity contribution in [2.45, 2.75) is 6.10 Å². The SMILES string of the molecule is N#Cc1ccc(N2CCOC(c3ccco3)C2)cn1. The van der Waals surface area contributed by atoms with Crippen molar-refractivity contribution in [1.82, 2.24) is 4.98 Å². The molecule has 0 spiro atoms. The van der Waals surface area contributed by atoms with Crippen LogP contribution in [0, 0.1) is 11.3 Å². The Morgan fingerprint density at radius 1 is 1.37 bits per heavy atom. The molecule has 3 heterocycles. The molecule has 2 aromatic heterocycles. The first-order chi connectivity index (χ1) is 9.36. The second-order valence-corrected chi connectivity index (χ2v) is 4.33. The summed E-state index contributed by atoms with van der Waals surface area (Å²) in [5.41, 5.74) is 1.43. The highest BCUT2D eigenvalue weighted by atomic mass is 16.5. The largest absolute Gasteiger partial charge is 0.467 e. The predicted molar refractivity (Wildman–Crippen MR) is 68.6 cm³/mol. The number of aromatic nitrogens is 1. The molecule has 1 fully saturated rings. The van der Waals surface area contributed by atoms with Crippen molar-refractivity contribution in [3.8, 4) is 6.07 Å². The molecule has 96 valence electrons. The molecule has 0 aromatic carbocycles. The standard InChI is InChI=1S/C14H13N3O2/c15-8-11-3-4-12(9-16-11)17-5-7-19-14(10-17)13-2-1-6-18-13/h1-4,6,9,14H,5,7,10H2. The van der Waals surface area contributed by atoms with Gasteiger partial charge in [-0.05, 0) is 24.3 Å². The van der Waals surface area contributed by atoms with E-state index in [1.807, 2.05) is 24.3 Å². The maximum absolute atomic E-state index is 8.75. The molecule has 1 aliphatic rings. The van der Waals surface area contributed by atoms with Crippen LogP contribution in [0.1, 0.15) is 17.6 Å². The molecule has 2 aromatic rings. The van der Waals surface area contributed by atoms with Crippen LogP contribution in [0.3, 0.4) is 0 Å². The van der Waals surface area contributed by atoms with Crippen LogP contribution in [0.5, 0.6) is 0 Å². The van der Waals surface area contributed by atoms with Gasteiger partial charge in [-0.25, -0.2) is 4.98 Å². The summed E-state index contributed by atoms with van der Waals surface area (Å²) in [7, 11) is 0. The van der Waals surface area contributed by atoms with E-state index >= 15 is 0 Å². The number of pyridine rings is 1. The molecular weight excluding hydrogens is 242 g/mol. The van der Waals surface area contributed by atoms with E-state index in [9.17, 15) is 0 Å². The van der Waals surface area contributed by atoms with E-state index in [1.54, 1.807) is 18.5 Å². The van der Waals surface area contributed by atoms with E-state index in [1.165, 1.54) is 0 Å². The number of furan rings is 1. The normalized spacial score (nSPS) is 19.1. The Kier molecular flexibility index (Phi) is 3.17. The van der Waals surface area contributed by atoms with Crippen molar-refractivity contribution in [2.75, 3.05) is 24.6 Å². The third kappa shape index (κ3) is 2.44. The van der Waals surface area contributed by atoms with Crippen LogP contribution in [-0.4, -0.2) is 24.7 Å². The zero-order valence-electron chi connectivity index (χ0n) is 10.3. The minimum atomic E-state index is -0.0561. The van der Waals surface area contributed by atoms with Gasteiger partial charge in [0.1, 0.15) is 23.6 Å². The van der Waals surface area contributed by atoms with Gasteiger partial charge in [-0.1, -0.05) is 0 Å². The molecule has 1 aliphatic heterocycles. The molecule has 1 saturated heterocycles. The Balaban J connectivity index is 1.76. The van der Waals surface area contributed by atoms with E-state index in [0.717, 1.165) is 24.5 Å². The molecular formula is C14H13N3O2. The monoisotopic (exact) mass is 255 g/mol. The van der Waals surface area contributed by atoms with E-state index in [2.05, 4.69) is 9.88 Å². The van der Waals surface area contributed by atoms with Gasteiger partial charge in [-0.15, -0.1) is 0 Å². The summed E-state index contributed by atoms with van der Waals surface area (Å²) in [5, 5.41) is 8.75. The molecule has 3 rings (SSSR count). The van der Waals surface area contributed by atoms with Gasteiger partial charge in [-0.3, -0.25) is 0 Å². The van der Waals surface area contributed by atoms with Crippen LogP contribution >= 0.6 is 0 Å². The number of rotatable bonds is 2. The van der Waals surface area contributed by atoms with Gasteiger partial charge in [0.15, 0.2) is 0 Å². The quantitative estimate of drug-likeness (QED) is 0.822. The lowest BCUT2D eigenvalue weighted by Crippen LogP contribution is -2.38. The van der Waals surface area contributed by atoms with Crippen molar-refractivity contribution in [2.24, 2.45) is 0 Å². The fraction of sp³-hybridized carbons (Fsp3) is 0.286. The maximum Gasteiger partial charge on any atom is 0.140 e. The van der Waals surface area contributed by atoms with Crippen molar-refractivity contribution < 1.29 is 9.15 Å². The number of nitriles is 1. The topological polar surface area (TPSA) is 62.3 Å². The number of anilines is 1. The van der Waals surface area contributed by atoms with Crippen molar-refractivity contribution in [1.29, 1.82) is 5.26 Å². The van der Waals surface area contributed by atoms with Crippen LogP contribution in [0.4, 0.5) is 5.69 Å². The molecule has 1 atom stereocenters. The van der Waals surface area contributed by atoms with Crippen LogP contribution in [0.2, 0.25) is 0 Å². The Bertz CT molecular complexity index is 572. The lowest BCUT2D eigenvalue weighted by atomic mass is 10.2. The van der Waals surface area contributed by atoms with Gasteiger partial charge < -0.3 is 14.1 Å². The third-order valence-corrected chi connectivity index (χ3v) is 3.15. The molecule has 1 unspecified atom stereocenters. The highest BCUT2D eigenvalue weighted by Gasteiger charge is 2.24. The second-order valence-electron chi connectivity index (χ2n) is 4.33. The molecule has 0 bridgehead atoms. The third-order valence-electron chi connectivity index (χ3n) is 3.15. The van der Waals surface area contributed by atoms with Gasteiger partial charge in [0.2, 0.25) is 0 Å². The highest BCUT2D eigenvalue weighted by molar-refractivity contribution is 5.46. The molecule has 0 saturated carbocycles. The Morgan fingerprint density at radius 3 is 3.00 bits per heavy atom. The number of ether oxygens (including phenoxy) is 1. The van der Waals surface area contributed by atoms with Gasteiger partial charge in [0, 0.05) is 6.54 Å². The summed E-state index contributed by atoms with van der Waals surface area (Å²) in [6.45, 7) is 2.18. The van der Waals surface area contributed by atoms with Gasteiger partial charge >= 0.3 is 0 Å². The Labute approximate surface area is 111 Å². The highest BCUT2D eigenvalue weighted by Crippen LogP contribution is 2.25. The molecule has 0 aliphatic carbocycles. The average Bonchev–Trinajstić information content (AvgIpc) is 3.02. The summed E-state index contributed by atoms with van der Waals surface area (Å²) in [4.78, 5) is 6.28. The van der Waals surface area contributed by atoms with E-state index in [0.29, 0.717) is 12.3 Å². The summed E-state index contributed by atoms with van der Waals surface area (Å²) in [6, 6.07) is 9.44. The fourth-order valence-corrected chi connectivity index (χ4v) is 2.17. The van der Waals surface area contributed by atoms with Crippen LogP contribution in [0.25, 0.3) is 0 Å². The average molecular weight is 255 g/mol. The Morgan fingerprint density at radius 2 is 2.32 bits per heavy atom. The number of hydrogen-bond donors (Lipinski definition) is 0. The number of hydrogen-bond acceptors (Lipinski definition) is 5. The molecule has 19 heavy (non-hydrogen) atoms. The van der Waals surface area contributed by atoms with Gasteiger partial charge in [-0.2, -0.15) is 5.26 Å². The van der Waals surface area contributed by atoms with E-state index in [-0.39, 0.29) is 6.10 Å². The molecule has 0 radical (unpaired) electrons. The fourth-order valence-electron chi connectivity index (χ4n) is 2.17. The first kappa shape index (κ1) is 11.8. The summed E-state index contributed by atoms with van der Waals surface area (Å²) in [6.07, 6.45) is 3.32. The van der Waals surface area contributed by atoms with Crippen molar-refractivity contribution in [3.05, 3.63) is 48.2 Å². The first-order valence-electron chi connectivity index (χ1n) is 6.13. The maximum atomic E-state index is 8.75. The minimum Gasteiger partial charge on any atom is -0.467 e. The van der Waals surface area contributed by atoms with Crippen LogP contribution in [0.15, 0.2) is 41.1 Å². The minimum absolute atomic E-state index is 0.0561.